The van der Waals surface area contributed by atoms with E-state index < -0.39 is 0 Å². The van der Waals surface area contributed by atoms with Crippen LogP contribution in [0.25, 0.3) is 11.3 Å². The average molecular weight is 393 g/mol. The number of aliphatic imine (C=N–C) groups is 1. The van der Waals surface area contributed by atoms with Crippen molar-refractivity contribution in [3.05, 3.63) is 76.7 Å². The average Bonchev–Trinajstić information content (AvgIpc) is 3.49. The van der Waals surface area contributed by atoms with Gasteiger partial charge >= 0.3 is 0 Å². The van der Waals surface area contributed by atoms with E-state index in [-0.39, 0.29) is 11.8 Å². The van der Waals surface area contributed by atoms with Crippen LogP contribution in [0.3, 0.4) is 0 Å². The topological polar surface area (TPSA) is 91.0 Å². The summed E-state index contributed by atoms with van der Waals surface area (Å²) in [5.41, 5.74) is 6.38. The Morgan fingerprint density at radius 3 is 2.83 bits per heavy atom. The minimum Gasteiger partial charge on any atom is -0.349 e. The zero-order chi connectivity index (χ0) is 20.7. The van der Waals surface area contributed by atoms with Crippen LogP contribution in [-0.4, -0.2) is 28.1 Å². The molecule has 5 rings (SSSR count). The van der Waals surface area contributed by atoms with E-state index in [9.17, 15) is 10.1 Å². The summed E-state index contributed by atoms with van der Waals surface area (Å²) in [6.07, 6.45) is 5.51. The maximum absolute atomic E-state index is 12.5. The third-order valence-corrected chi connectivity index (χ3v) is 5.55. The van der Waals surface area contributed by atoms with Gasteiger partial charge in [0.25, 0.3) is 5.91 Å². The fourth-order valence-electron chi connectivity index (χ4n) is 3.76. The van der Waals surface area contributed by atoms with Gasteiger partial charge in [-0.15, -0.1) is 0 Å². The zero-order valence-corrected chi connectivity index (χ0v) is 16.5. The molecule has 30 heavy (non-hydrogen) atoms. The van der Waals surface area contributed by atoms with Gasteiger partial charge in [-0.2, -0.15) is 5.26 Å². The highest BCUT2D eigenvalue weighted by atomic mass is 16.1. The van der Waals surface area contributed by atoms with Crippen LogP contribution in [-0.2, 0) is 0 Å². The number of benzene rings is 2. The van der Waals surface area contributed by atoms with Crippen molar-refractivity contribution < 1.29 is 4.79 Å². The molecule has 6 nitrogen and oxygen atoms in total. The number of hydrogen-bond donors (Lipinski definition) is 1. The first-order valence-electron chi connectivity index (χ1n) is 9.95. The van der Waals surface area contributed by atoms with Crippen molar-refractivity contribution in [1.29, 1.82) is 5.26 Å². The van der Waals surface area contributed by atoms with Crippen molar-refractivity contribution in [2.24, 2.45) is 4.99 Å². The van der Waals surface area contributed by atoms with E-state index in [0.717, 1.165) is 35.2 Å². The third kappa shape index (κ3) is 3.25. The molecule has 0 spiro atoms. The molecule has 1 aliphatic carbocycles. The van der Waals surface area contributed by atoms with Gasteiger partial charge in [0.1, 0.15) is 12.0 Å². The Morgan fingerprint density at radius 2 is 2.03 bits per heavy atom. The quantitative estimate of drug-likeness (QED) is 0.723. The molecule has 1 unspecified atom stereocenters. The van der Waals surface area contributed by atoms with Crippen LogP contribution in [0.4, 0.5) is 5.69 Å². The summed E-state index contributed by atoms with van der Waals surface area (Å²) in [5, 5.41) is 12.3. The Morgan fingerprint density at radius 1 is 1.17 bits per heavy atom. The summed E-state index contributed by atoms with van der Waals surface area (Å²) in [5.74, 6) is -0.180. The van der Waals surface area contributed by atoms with Crippen molar-refractivity contribution >= 4 is 17.8 Å². The van der Waals surface area contributed by atoms with Crippen LogP contribution in [0.15, 0.2) is 53.8 Å². The summed E-state index contributed by atoms with van der Waals surface area (Å²) in [7, 11) is 0. The Labute approximate surface area is 174 Å². The van der Waals surface area contributed by atoms with Gasteiger partial charge in [-0.05, 0) is 55.2 Å². The minimum atomic E-state index is -0.144. The fourth-order valence-corrected chi connectivity index (χ4v) is 3.76. The molecule has 2 aliphatic rings. The highest BCUT2D eigenvalue weighted by molar-refractivity contribution is 5.96. The Bertz CT molecular complexity index is 1240. The molecular weight excluding hydrogens is 374 g/mol. The molecule has 1 aliphatic heterocycles. The summed E-state index contributed by atoms with van der Waals surface area (Å²) in [4.78, 5) is 26.1. The zero-order valence-electron chi connectivity index (χ0n) is 16.5. The standard InChI is InChI=1S/C24H19N5O/c1-14-5-6-17(24(30)29-18-7-8-18)10-19(14)20-12-26-23-21(27-13-28-22(20)23)16-4-2-3-15(9-16)11-25/h2-6,9-10,12-13,18,20H,7-8H2,1H3,(H,29,30). The van der Waals surface area contributed by atoms with E-state index in [2.05, 4.69) is 26.3 Å². The number of nitrogens with zero attached hydrogens (tertiary/aromatic N) is 4. The smallest absolute Gasteiger partial charge is 0.251 e. The van der Waals surface area contributed by atoms with Gasteiger partial charge in [0.15, 0.2) is 0 Å². The van der Waals surface area contributed by atoms with E-state index in [1.54, 1.807) is 12.1 Å². The van der Waals surface area contributed by atoms with Gasteiger partial charge < -0.3 is 5.32 Å². The molecule has 6 heteroatoms. The number of amides is 1. The lowest BCUT2D eigenvalue weighted by molar-refractivity contribution is 0.0951. The molecule has 1 atom stereocenters. The summed E-state index contributed by atoms with van der Waals surface area (Å²) in [6.45, 7) is 2.03. The SMILES string of the molecule is Cc1ccc(C(=O)NC2CC2)cc1C1C=Nc2c(-c3cccc(C#N)c3)ncnc21. The Balaban J connectivity index is 1.53. The molecule has 1 N–H and O–H groups in total. The monoisotopic (exact) mass is 393 g/mol. The fraction of sp³-hybridized carbons (Fsp3) is 0.208. The lowest BCUT2D eigenvalue weighted by Crippen LogP contribution is -2.25. The third-order valence-electron chi connectivity index (χ3n) is 5.55. The van der Waals surface area contributed by atoms with Crippen molar-refractivity contribution in [1.82, 2.24) is 15.3 Å². The van der Waals surface area contributed by atoms with E-state index in [0.29, 0.717) is 28.6 Å². The first-order valence-corrected chi connectivity index (χ1v) is 9.95. The number of hydrogen-bond acceptors (Lipinski definition) is 5. The van der Waals surface area contributed by atoms with Gasteiger partial charge in [0.05, 0.1) is 28.9 Å². The number of aryl methyl sites for hydroxylation is 1. The number of aromatic nitrogens is 2. The molecule has 1 aromatic heterocycles. The molecule has 1 saturated carbocycles. The normalized spacial score (nSPS) is 16.7. The van der Waals surface area contributed by atoms with Crippen molar-refractivity contribution in [3.8, 4) is 17.3 Å². The molecule has 0 saturated heterocycles. The second kappa shape index (κ2) is 7.20. The highest BCUT2D eigenvalue weighted by Crippen LogP contribution is 2.41. The lowest BCUT2D eigenvalue weighted by Gasteiger charge is -2.15. The van der Waals surface area contributed by atoms with Crippen LogP contribution in [0.2, 0.25) is 0 Å². The lowest BCUT2D eigenvalue weighted by atomic mass is 9.91. The largest absolute Gasteiger partial charge is 0.349 e. The number of rotatable bonds is 4. The molecule has 1 fully saturated rings. The van der Waals surface area contributed by atoms with Gasteiger partial charge in [-0.1, -0.05) is 18.2 Å². The number of nitrogens with one attached hydrogen (secondary N) is 1. The first-order chi connectivity index (χ1) is 14.6. The van der Waals surface area contributed by atoms with Crippen LogP contribution < -0.4 is 5.32 Å². The van der Waals surface area contributed by atoms with Gasteiger partial charge in [-0.3, -0.25) is 9.79 Å². The molecule has 3 aromatic rings. The number of carbonyl (C=O) groups excluding carboxylic acids is 1. The number of carbonyl (C=O) groups is 1. The van der Waals surface area contributed by atoms with Crippen LogP contribution in [0.1, 0.15) is 51.5 Å². The van der Waals surface area contributed by atoms with Crippen LogP contribution >= 0.6 is 0 Å². The summed E-state index contributed by atoms with van der Waals surface area (Å²) >= 11 is 0. The first kappa shape index (κ1) is 18.2. The van der Waals surface area contributed by atoms with E-state index in [1.165, 1.54) is 6.33 Å². The van der Waals surface area contributed by atoms with Gasteiger partial charge in [0, 0.05) is 23.4 Å². The summed E-state index contributed by atoms with van der Waals surface area (Å²) < 4.78 is 0. The van der Waals surface area contributed by atoms with Gasteiger partial charge in [-0.25, -0.2) is 9.97 Å². The Kier molecular flexibility index (Phi) is 4.36. The van der Waals surface area contributed by atoms with Crippen molar-refractivity contribution in [2.45, 2.75) is 31.7 Å². The Hall–Kier alpha value is -3.85. The van der Waals surface area contributed by atoms with Crippen LogP contribution in [0, 0.1) is 18.3 Å². The minimum absolute atomic E-state index is 0.0365. The predicted molar refractivity (Wildman–Crippen MR) is 114 cm³/mol. The second-order valence-electron chi connectivity index (χ2n) is 7.72. The van der Waals surface area contributed by atoms with Crippen LogP contribution in [0.5, 0.6) is 0 Å². The van der Waals surface area contributed by atoms with Crippen molar-refractivity contribution in [3.63, 3.8) is 0 Å². The molecule has 146 valence electrons. The second-order valence-corrected chi connectivity index (χ2v) is 7.72. The number of fused-ring (bicyclic) bond motifs is 1. The maximum atomic E-state index is 12.5. The summed E-state index contributed by atoms with van der Waals surface area (Å²) in [6, 6.07) is 15.6. The van der Waals surface area contributed by atoms with E-state index in [4.69, 9.17) is 0 Å². The molecule has 0 radical (unpaired) electrons. The van der Waals surface area contributed by atoms with Crippen molar-refractivity contribution in [2.75, 3.05) is 0 Å². The molecule has 2 heterocycles. The maximum Gasteiger partial charge on any atom is 0.251 e. The molecular formula is C24H19N5O. The molecule has 0 bridgehead atoms. The van der Waals surface area contributed by atoms with E-state index in [1.807, 2.05) is 43.5 Å². The molecule has 2 aromatic carbocycles. The predicted octanol–water partition coefficient (Wildman–Crippen LogP) is 4.06. The number of nitriles is 1. The molecule has 1 amide bonds. The van der Waals surface area contributed by atoms with E-state index >= 15 is 0 Å². The highest BCUT2D eigenvalue weighted by Gasteiger charge is 2.28. The van der Waals surface area contributed by atoms with Gasteiger partial charge in [0.2, 0.25) is 0 Å².